The largest absolute Gasteiger partial charge is 0.381 e. The average Bonchev–Trinajstić information content (AvgIpc) is 3.26. The number of anilines is 1. The van der Waals surface area contributed by atoms with Crippen LogP contribution in [0.4, 0.5) is 5.69 Å². The maximum absolute atomic E-state index is 14.2. The van der Waals surface area contributed by atoms with E-state index >= 15 is 0 Å². The number of piperidine rings is 1. The summed E-state index contributed by atoms with van der Waals surface area (Å²) in [6.45, 7) is 12.5. The predicted molar refractivity (Wildman–Crippen MR) is 199 cm³/mol. The van der Waals surface area contributed by atoms with Gasteiger partial charge in [-0.05, 0) is 81.2 Å². The van der Waals surface area contributed by atoms with Crippen molar-refractivity contribution >= 4 is 17.5 Å². The quantitative estimate of drug-likeness (QED) is 0.318. The van der Waals surface area contributed by atoms with Crippen molar-refractivity contribution in [1.29, 1.82) is 0 Å². The lowest BCUT2D eigenvalue weighted by Crippen LogP contribution is -2.56. The number of aromatic nitrogens is 1. The van der Waals surface area contributed by atoms with E-state index in [-0.39, 0.29) is 29.7 Å². The molecule has 9 nitrogen and oxygen atoms in total. The van der Waals surface area contributed by atoms with E-state index in [1.54, 1.807) is 0 Å². The number of carbonyl (C=O) groups excluding carboxylic acids is 2. The summed E-state index contributed by atoms with van der Waals surface area (Å²) in [5, 5.41) is 3.26. The minimum absolute atomic E-state index is 0.115. The number of nitrogens with one attached hydrogen (secondary N) is 1. The van der Waals surface area contributed by atoms with Crippen LogP contribution in [0.25, 0.3) is 11.1 Å². The van der Waals surface area contributed by atoms with Gasteiger partial charge in [-0.3, -0.25) is 19.5 Å². The van der Waals surface area contributed by atoms with Crippen molar-refractivity contribution in [1.82, 2.24) is 20.1 Å². The molecule has 274 valence electrons. The SMILES string of the molecule is Cc1c(C(=O)NCC2C(=O)N(C3CCCCCCCC3)C(C)CC2C)cc(-c2ccc(CN3CCOCC3)nc2)cc1N(C)C1CCOCC1. The van der Waals surface area contributed by atoms with Crippen LogP contribution in [0.5, 0.6) is 0 Å². The number of nitrogens with zero attached hydrogens (tertiary/aromatic N) is 4. The van der Waals surface area contributed by atoms with E-state index in [1.807, 2.05) is 12.3 Å². The monoisotopic (exact) mass is 687 g/mol. The zero-order chi connectivity index (χ0) is 35.0. The van der Waals surface area contributed by atoms with Crippen molar-refractivity contribution in [2.24, 2.45) is 11.8 Å². The van der Waals surface area contributed by atoms with E-state index in [1.165, 1.54) is 38.5 Å². The molecule has 0 spiro atoms. The standard InChI is InChI=1S/C41H61N5O4/c1-29-23-30(2)46(36-11-9-7-5-6-8-10-12-36)41(48)38(29)27-43-40(47)37-24-33(25-39(31(37)3)44(4)35-15-19-49-20-16-35)32-13-14-34(42-26-32)28-45-17-21-50-22-18-45/h13-14,24-26,29-30,35-36,38H,5-12,15-23,27-28H2,1-4H3,(H,43,47). The Morgan fingerprint density at radius 1 is 0.920 bits per heavy atom. The van der Waals surface area contributed by atoms with Crippen LogP contribution in [0.3, 0.4) is 0 Å². The second kappa shape index (κ2) is 17.5. The number of hydrogen-bond acceptors (Lipinski definition) is 7. The first-order valence-electron chi connectivity index (χ1n) is 19.6. The van der Waals surface area contributed by atoms with Gasteiger partial charge in [0, 0.05) is 87.6 Å². The molecule has 0 radical (unpaired) electrons. The van der Waals surface area contributed by atoms with E-state index in [2.05, 4.69) is 66.0 Å². The highest BCUT2D eigenvalue weighted by Gasteiger charge is 2.41. The van der Waals surface area contributed by atoms with E-state index in [4.69, 9.17) is 14.5 Å². The lowest BCUT2D eigenvalue weighted by Gasteiger charge is -2.45. The summed E-state index contributed by atoms with van der Waals surface area (Å²) in [5.41, 5.74) is 5.67. The molecular formula is C41H61N5O4. The van der Waals surface area contributed by atoms with Gasteiger partial charge in [0.1, 0.15) is 0 Å². The molecule has 1 saturated carbocycles. The number of hydrogen-bond donors (Lipinski definition) is 1. The van der Waals surface area contributed by atoms with Gasteiger partial charge in [0.05, 0.1) is 24.8 Å². The summed E-state index contributed by atoms with van der Waals surface area (Å²) in [4.78, 5) is 40.2. The molecule has 9 heteroatoms. The van der Waals surface area contributed by atoms with E-state index in [9.17, 15) is 9.59 Å². The van der Waals surface area contributed by atoms with Gasteiger partial charge >= 0.3 is 0 Å². The summed E-state index contributed by atoms with van der Waals surface area (Å²) in [6, 6.07) is 9.36. The Labute approximate surface area is 300 Å². The second-order valence-electron chi connectivity index (χ2n) is 15.5. The van der Waals surface area contributed by atoms with Crippen molar-refractivity contribution in [3.05, 3.63) is 47.3 Å². The number of pyridine rings is 1. The number of amides is 2. The Balaban J connectivity index is 1.22. The molecule has 1 aliphatic carbocycles. The van der Waals surface area contributed by atoms with Crippen molar-refractivity contribution in [3.63, 3.8) is 0 Å². The topological polar surface area (TPSA) is 87.2 Å². The molecular weight excluding hydrogens is 626 g/mol. The molecule has 3 saturated heterocycles. The highest BCUT2D eigenvalue weighted by Crippen LogP contribution is 2.35. The lowest BCUT2D eigenvalue weighted by atomic mass is 9.81. The molecule has 1 aromatic heterocycles. The van der Waals surface area contributed by atoms with E-state index in [0.29, 0.717) is 24.2 Å². The number of morpholine rings is 1. The van der Waals surface area contributed by atoms with Gasteiger partial charge in [-0.15, -0.1) is 0 Å². The van der Waals surface area contributed by atoms with Gasteiger partial charge in [0.25, 0.3) is 5.91 Å². The maximum atomic E-state index is 14.2. The first-order valence-corrected chi connectivity index (χ1v) is 19.6. The van der Waals surface area contributed by atoms with Gasteiger partial charge in [0.2, 0.25) is 5.91 Å². The molecule has 4 fully saturated rings. The van der Waals surface area contributed by atoms with Crippen LogP contribution in [-0.4, -0.2) is 97.8 Å². The third kappa shape index (κ3) is 8.88. The first kappa shape index (κ1) is 36.8. The van der Waals surface area contributed by atoms with Crippen molar-refractivity contribution < 1.29 is 19.1 Å². The van der Waals surface area contributed by atoms with E-state index < -0.39 is 0 Å². The normalized spacial score (nSPS) is 25.1. The summed E-state index contributed by atoms with van der Waals surface area (Å²) < 4.78 is 11.2. The van der Waals surface area contributed by atoms with Gasteiger partial charge < -0.3 is 24.6 Å². The molecule has 2 amide bonds. The zero-order valence-corrected chi connectivity index (χ0v) is 31.1. The van der Waals surface area contributed by atoms with Crippen molar-refractivity contribution in [2.45, 2.75) is 116 Å². The fourth-order valence-corrected chi connectivity index (χ4v) is 8.90. The summed E-state index contributed by atoms with van der Waals surface area (Å²) in [6.07, 6.45) is 14.6. The Hall–Kier alpha value is -3.01. The third-order valence-corrected chi connectivity index (χ3v) is 12.0. The molecule has 3 aliphatic heterocycles. The summed E-state index contributed by atoms with van der Waals surface area (Å²) in [7, 11) is 2.14. The van der Waals surface area contributed by atoms with Gasteiger partial charge in [-0.2, -0.15) is 0 Å². The number of ether oxygens (including phenoxy) is 2. The van der Waals surface area contributed by atoms with Gasteiger partial charge in [0.15, 0.2) is 0 Å². The number of likely N-dealkylation sites (tertiary alicyclic amines) is 1. The smallest absolute Gasteiger partial charge is 0.251 e. The minimum atomic E-state index is -0.209. The number of rotatable bonds is 9. The Morgan fingerprint density at radius 2 is 1.60 bits per heavy atom. The molecule has 50 heavy (non-hydrogen) atoms. The van der Waals surface area contributed by atoms with Crippen molar-refractivity contribution in [3.8, 4) is 11.1 Å². The lowest BCUT2D eigenvalue weighted by molar-refractivity contribution is -0.147. The summed E-state index contributed by atoms with van der Waals surface area (Å²) >= 11 is 0. The molecule has 2 aromatic rings. The molecule has 1 N–H and O–H groups in total. The highest BCUT2D eigenvalue weighted by molar-refractivity contribution is 5.99. The third-order valence-electron chi connectivity index (χ3n) is 12.0. The molecule has 3 atom stereocenters. The fourth-order valence-electron chi connectivity index (χ4n) is 8.90. The highest BCUT2D eigenvalue weighted by atomic mass is 16.5. The van der Waals surface area contributed by atoms with Crippen LogP contribution < -0.4 is 10.2 Å². The molecule has 4 aliphatic rings. The van der Waals surface area contributed by atoms with Crippen LogP contribution in [0.2, 0.25) is 0 Å². The first-order chi connectivity index (χ1) is 24.3. The zero-order valence-electron chi connectivity index (χ0n) is 31.1. The Kier molecular flexibility index (Phi) is 12.8. The van der Waals surface area contributed by atoms with E-state index in [0.717, 1.165) is 106 Å². The van der Waals surface area contributed by atoms with Crippen LogP contribution in [0.1, 0.15) is 106 Å². The maximum Gasteiger partial charge on any atom is 0.251 e. The minimum Gasteiger partial charge on any atom is -0.381 e. The Morgan fingerprint density at radius 3 is 2.28 bits per heavy atom. The number of benzene rings is 1. The molecule has 6 rings (SSSR count). The average molecular weight is 688 g/mol. The second-order valence-corrected chi connectivity index (χ2v) is 15.5. The fraction of sp³-hybridized carbons (Fsp3) is 0.683. The molecule has 3 unspecified atom stereocenters. The van der Waals surface area contributed by atoms with Crippen molar-refractivity contribution in [2.75, 3.05) is 58.0 Å². The van der Waals surface area contributed by atoms with Crippen LogP contribution in [0, 0.1) is 18.8 Å². The molecule has 4 heterocycles. The molecule has 0 bridgehead atoms. The van der Waals surface area contributed by atoms with Crippen LogP contribution in [-0.2, 0) is 20.8 Å². The van der Waals surface area contributed by atoms with Gasteiger partial charge in [-0.1, -0.05) is 51.5 Å². The van der Waals surface area contributed by atoms with Crippen LogP contribution >= 0.6 is 0 Å². The molecule has 1 aromatic carbocycles. The summed E-state index contributed by atoms with van der Waals surface area (Å²) in [5.74, 6) is 0.124. The Bertz CT molecular complexity index is 1410. The predicted octanol–water partition coefficient (Wildman–Crippen LogP) is 6.61. The van der Waals surface area contributed by atoms with Gasteiger partial charge in [-0.25, -0.2) is 0 Å². The van der Waals surface area contributed by atoms with Crippen LogP contribution in [0.15, 0.2) is 30.5 Å². The number of carbonyl (C=O) groups is 2.